The van der Waals surface area contributed by atoms with E-state index in [1.807, 2.05) is 0 Å². The summed E-state index contributed by atoms with van der Waals surface area (Å²) in [5.41, 5.74) is 0.959. The molecule has 0 unspecified atom stereocenters. The number of nitrogens with zero attached hydrogens (tertiary/aromatic N) is 1. The molecule has 0 aromatic heterocycles. The van der Waals surface area contributed by atoms with E-state index in [4.69, 9.17) is 0 Å². The third-order valence-corrected chi connectivity index (χ3v) is 6.06. The molecule has 118 valence electrons. The number of piperidine rings is 1. The number of rotatable bonds is 4. The van der Waals surface area contributed by atoms with Gasteiger partial charge >= 0.3 is 0 Å². The Morgan fingerprint density at radius 2 is 1.65 bits per heavy atom. The maximum atomic E-state index is 3.66. The molecule has 0 atom stereocenters. The average Bonchev–Trinajstić information content (AvgIpc) is 2.46. The van der Waals surface area contributed by atoms with Crippen molar-refractivity contribution in [3.63, 3.8) is 0 Å². The summed E-state index contributed by atoms with van der Waals surface area (Å²) in [4.78, 5) is 2.72. The molecule has 1 aliphatic heterocycles. The van der Waals surface area contributed by atoms with Crippen LogP contribution in [0.3, 0.4) is 0 Å². The largest absolute Gasteiger partial charge is 0.314 e. The van der Waals surface area contributed by atoms with Crippen molar-refractivity contribution in [2.75, 3.05) is 26.7 Å². The molecule has 2 aliphatic rings. The van der Waals surface area contributed by atoms with Gasteiger partial charge in [-0.15, -0.1) is 0 Å². The smallest absolute Gasteiger partial charge is 0.0190 e. The standard InChI is InChI=1S/C18H36N2/c1-17(2,3)16-8-13-20(14-9-16)15-12-18(19-4)10-6-5-7-11-18/h16,19H,5-15H2,1-4H3. The quantitative estimate of drug-likeness (QED) is 0.835. The first-order valence-corrected chi connectivity index (χ1v) is 8.86. The zero-order valence-electron chi connectivity index (χ0n) is 14.3. The maximum absolute atomic E-state index is 3.66. The van der Waals surface area contributed by atoms with Gasteiger partial charge in [0.05, 0.1) is 0 Å². The van der Waals surface area contributed by atoms with Crippen LogP contribution in [0.2, 0.25) is 0 Å². The molecular formula is C18H36N2. The molecule has 2 nitrogen and oxygen atoms in total. The highest BCUT2D eigenvalue weighted by Gasteiger charge is 2.32. The summed E-state index contributed by atoms with van der Waals surface area (Å²) in [6, 6.07) is 0. The van der Waals surface area contributed by atoms with Gasteiger partial charge in [-0.1, -0.05) is 40.0 Å². The lowest BCUT2D eigenvalue weighted by Gasteiger charge is -2.42. The summed E-state index contributed by atoms with van der Waals surface area (Å²) in [7, 11) is 2.18. The summed E-state index contributed by atoms with van der Waals surface area (Å²) >= 11 is 0. The average molecular weight is 280 g/mol. The first-order chi connectivity index (χ1) is 9.45. The first kappa shape index (κ1) is 16.3. The van der Waals surface area contributed by atoms with Gasteiger partial charge in [0, 0.05) is 5.54 Å². The second-order valence-electron chi connectivity index (χ2n) is 8.32. The Kier molecular flexibility index (Phi) is 5.53. The van der Waals surface area contributed by atoms with Crippen LogP contribution in [0.25, 0.3) is 0 Å². The third kappa shape index (κ3) is 4.21. The van der Waals surface area contributed by atoms with E-state index in [1.165, 1.54) is 71.0 Å². The molecule has 0 amide bonds. The lowest BCUT2D eigenvalue weighted by Crippen LogP contribution is -2.48. The third-order valence-electron chi connectivity index (χ3n) is 6.06. The minimum atomic E-state index is 0.457. The second kappa shape index (κ2) is 6.79. The molecule has 0 bridgehead atoms. The maximum Gasteiger partial charge on any atom is 0.0190 e. The zero-order valence-corrected chi connectivity index (χ0v) is 14.3. The van der Waals surface area contributed by atoms with Gasteiger partial charge in [-0.05, 0) is 70.1 Å². The molecule has 1 heterocycles. The van der Waals surface area contributed by atoms with Gasteiger partial charge in [0.1, 0.15) is 0 Å². The minimum absolute atomic E-state index is 0.457. The van der Waals surface area contributed by atoms with E-state index < -0.39 is 0 Å². The van der Waals surface area contributed by atoms with E-state index in [-0.39, 0.29) is 0 Å². The van der Waals surface area contributed by atoms with E-state index >= 15 is 0 Å². The van der Waals surface area contributed by atoms with Crippen LogP contribution in [0, 0.1) is 11.3 Å². The Morgan fingerprint density at radius 3 is 2.15 bits per heavy atom. The van der Waals surface area contributed by atoms with Crippen LogP contribution in [0.1, 0.15) is 72.1 Å². The molecule has 2 rings (SSSR count). The molecule has 1 N–H and O–H groups in total. The Balaban J connectivity index is 1.75. The number of hydrogen-bond acceptors (Lipinski definition) is 2. The molecular weight excluding hydrogens is 244 g/mol. The highest BCUT2D eigenvalue weighted by atomic mass is 15.1. The van der Waals surface area contributed by atoms with Crippen molar-refractivity contribution in [1.29, 1.82) is 0 Å². The summed E-state index contributed by atoms with van der Waals surface area (Å²) in [6.07, 6.45) is 11.2. The lowest BCUT2D eigenvalue weighted by atomic mass is 9.75. The van der Waals surface area contributed by atoms with Gasteiger partial charge in [0.25, 0.3) is 0 Å². The van der Waals surface area contributed by atoms with Gasteiger partial charge in [0.2, 0.25) is 0 Å². The molecule has 1 saturated heterocycles. The molecule has 2 heteroatoms. The highest BCUT2D eigenvalue weighted by molar-refractivity contribution is 4.91. The predicted octanol–water partition coefficient (Wildman–Crippen LogP) is 4.06. The minimum Gasteiger partial charge on any atom is -0.314 e. The van der Waals surface area contributed by atoms with E-state index in [0.29, 0.717) is 11.0 Å². The SMILES string of the molecule is CNC1(CCN2CCC(C(C)(C)C)CC2)CCCCC1. The molecule has 0 spiro atoms. The zero-order chi connectivity index (χ0) is 14.6. The summed E-state index contributed by atoms with van der Waals surface area (Å²) in [6.45, 7) is 11.2. The Bertz CT molecular complexity index is 278. The van der Waals surface area contributed by atoms with Crippen LogP contribution >= 0.6 is 0 Å². The predicted molar refractivity (Wildman–Crippen MR) is 88.1 cm³/mol. The molecule has 1 saturated carbocycles. The van der Waals surface area contributed by atoms with E-state index in [1.54, 1.807) is 0 Å². The summed E-state index contributed by atoms with van der Waals surface area (Å²) < 4.78 is 0. The molecule has 0 aromatic carbocycles. The van der Waals surface area contributed by atoms with Crippen LogP contribution < -0.4 is 5.32 Å². The van der Waals surface area contributed by atoms with Gasteiger partial charge in [-0.3, -0.25) is 0 Å². The second-order valence-corrected chi connectivity index (χ2v) is 8.32. The van der Waals surface area contributed by atoms with Crippen LogP contribution in [-0.2, 0) is 0 Å². The topological polar surface area (TPSA) is 15.3 Å². The fourth-order valence-electron chi connectivity index (χ4n) is 4.25. The van der Waals surface area contributed by atoms with E-state index in [9.17, 15) is 0 Å². The molecule has 2 fully saturated rings. The fourth-order valence-corrected chi connectivity index (χ4v) is 4.25. The van der Waals surface area contributed by atoms with Crippen molar-refractivity contribution in [2.24, 2.45) is 11.3 Å². The van der Waals surface area contributed by atoms with Crippen LogP contribution in [0.5, 0.6) is 0 Å². The van der Waals surface area contributed by atoms with Crippen molar-refractivity contribution >= 4 is 0 Å². The Labute approximate surface area is 126 Å². The van der Waals surface area contributed by atoms with Gasteiger partial charge in [0.15, 0.2) is 0 Å². The van der Waals surface area contributed by atoms with Crippen molar-refractivity contribution in [3.8, 4) is 0 Å². The lowest BCUT2D eigenvalue weighted by molar-refractivity contribution is 0.0990. The Hall–Kier alpha value is -0.0800. The molecule has 20 heavy (non-hydrogen) atoms. The number of hydrogen-bond donors (Lipinski definition) is 1. The molecule has 0 aromatic rings. The summed E-state index contributed by atoms with van der Waals surface area (Å²) in [5, 5.41) is 3.66. The van der Waals surface area contributed by atoms with Crippen molar-refractivity contribution in [2.45, 2.75) is 77.7 Å². The van der Waals surface area contributed by atoms with Crippen LogP contribution in [0.4, 0.5) is 0 Å². The number of likely N-dealkylation sites (tertiary alicyclic amines) is 1. The van der Waals surface area contributed by atoms with E-state index in [2.05, 4.69) is 38.0 Å². The van der Waals surface area contributed by atoms with Crippen LogP contribution in [0.15, 0.2) is 0 Å². The van der Waals surface area contributed by atoms with Gasteiger partial charge < -0.3 is 10.2 Å². The van der Waals surface area contributed by atoms with Crippen molar-refractivity contribution in [1.82, 2.24) is 10.2 Å². The van der Waals surface area contributed by atoms with Crippen molar-refractivity contribution < 1.29 is 0 Å². The number of nitrogens with one attached hydrogen (secondary N) is 1. The van der Waals surface area contributed by atoms with Crippen LogP contribution in [-0.4, -0.2) is 37.1 Å². The van der Waals surface area contributed by atoms with Gasteiger partial charge in [-0.25, -0.2) is 0 Å². The summed E-state index contributed by atoms with van der Waals surface area (Å²) in [5.74, 6) is 0.923. The normalized spacial score (nSPS) is 25.8. The Morgan fingerprint density at radius 1 is 1.05 bits per heavy atom. The molecule has 0 radical (unpaired) electrons. The molecule has 1 aliphatic carbocycles. The van der Waals surface area contributed by atoms with Crippen molar-refractivity contribution in [3.05, 3.63) is 0 Å². The first-order valence-electron chi connectivity index (χ1n) is 8.86. The fraction of sp³-hybridized carbons (Fsp3) is 1.00. The highest BCUT2D eigenvalue weighted by Crippen LogP contribution is 2.35. The van der Waals surface area contributed by atoms with Gasteiger partial charge in [-0.2, -0.15) is 0 Å². The van der Waals surface area contributed by atoms with E-state index in [0.717, 1.165) is 5.92 Å². The monoisotopic (exact) mass is 280 g/mol.